The SMILES string of the molecule is CC1(C)C(Oc2ccc(C#N)c(Cl)c2)C(C)(C)C1N1Cc2nc(C#CC3CCC3N3CCC4(CNC4)C3)ccc2C1=O. The zero-order chi connectivity index (χ0) is 29.4. The smallest absolute Gasteiger partial charge is 0.256 e. The van der Waals surface area contributed by atoms with Crippen LogP contribution in [0, 0.1) is 45.3 Å². The van der Waals surface area contributed by atoms with Crippen molar-refractivity contribution in [1.29, 1.82) is 5.26 Å². The van der Waals surface area contributed by atoms with E-state index in [9.17, 15) is 10.1 Å². The molecule has 42 heavy (non-hydrogen) atoms. The second kappa shape index (κ2) is 9.71. The number of ether oxygens (including phenoxy) is 1. The third kappa shape index (κ3) is 4.24. The highest BCUT2D eigenvalue weighted by atomic mass is 35.5. The van der Waals surface area contributed by atoms with Crippen LogP contribution < -0.4 is 10.1 Å². The van der Waals surface area contributed by atoms with Gasteiger partial charge in [0.15, 0.2) is 0 Å². The van der Waals surface area contributed by atoms with E-state index in [-0.39, 0.29) is 28.9 Å². The molecule has 2 unspecified atom stereocenters. The summed E-state index contributed by atoms with van der Waals surface area (Å²) in [5.74, 6) is 7.96. The number of hydrogen-bond donors (Lipinski definition) is 1. The van der Waals surface area contributed by atoms with Crippen molar-refractivity contribution >= 4 is 17.5 Å². The van der Waals surface area contributed by atoms with Crippen molar-refractivity contribution in [3.63, 3.8) is 0 Å². The van der Waals surface area contributed by atoms with Gasteiger partial charge in [0.05, 0.1) is 28.4 Å². The summed E-state index contributed by atoms with van der Waals surface area (Å²) < 4.78 is 6.45. The number of pyridine rings is 1. The largest absolute Gasteiger partial charge is 0.489 e. The van der Waals surface area contributed by atoms with Crippen molar-refractivity contribution in [2.24, 2.45) is 22.2 Å². The summed E-state index contributed by atoms with van der Waals surface area (Å²) in [4.78, 5) is 23.2. The lowest BCUT2D eigenvalue weighted by Crippen LogP contribution is -2.74. The molecule has 4 fully saturated rings. The minimum Gasteiger partial charge on any atom is -0.489 e. The molecular formula is C34H38ClN5O2. The first kappa shape index (κ1) is 27.7. The molecule has 0 radical (unpaired) electrons. The normalized spacial score (nSPS) is 29.9. The van der Waals surface area contributed by atoms with Crippen molar-refractivity contribution < 1.29 is 9.53 Å². The van der Waals surface area contributed by atoms with Crippen LogP contribution in [0.25, 0.3) is 0 Å². The molecule has 7 rings (SSSR count). The first-order chi connectivity index (χ1) is 20.0. The van der Waals surface area contributed by atoms with Crippen molar-refractivity contribution in [2.75, 3.05) is 26.2 Å². The monoisotopic (exact) mass is 583 g/mol. The highest BCUT2D eigenvalue weighted by Gasteiger charge is 2.67. The van der Waals surface area contributed by atoms with E-state index in [1.807, 2.05) is 17.0 Å². The van der Waals surface area contributed by atoms with Crippen LogP contribution in [-0.4, -0.2) is 65.1 Å². The first-order valence-corrected chi connectivity index (χ1v) is 15.5. The Labute approximate surface area is 253 Å². The van der Waals surface area contributed by atoms with Crippen molar-refractivity contribution in [1.82, 2.24) is 20.1 Å². The highest BCUT2D eigenvalue weighted by molar-refractivity contribution is 6.31. The summed E-state index contributed by atoms with van der Waals surface area (Å²) in [6.45, 7) is 13.8. The van der Waals surface area contributed by atoms with Crippen LogP contribution in [0.5, 0.6) is 5.75 Å². The number of benzene rings is 1. The van der Waals surface area contributed by atoms with Crippen molar-refractivity contribution in [3.05, 3.63) is 57.9 Å². The molecule has 8 heteroatoms. The number of carbonyl (C=O) groups excluding carboxylic acids is 1. The fourth-order valence-corrected chi connectivity index (χ4v) is 8.98. The van der Waals surface area contributed by atoms with Crippen LogP contribution in [0.4, 0.5) is 0 Å². The van der Waals surface area contributed by atoms with E-state index in [0.29, 0.717) is 45.8 Å². The Balaban J connectivity index is 1.04. The van der Waals surface area contributed by atoms with E-state index in [1.165, 1.54) is 25.9 Å². The molecule has 2 atom stereocenters. The second-order valence-electron chi connectivity index (χ2n) is 14.3. The summed E-state index contributed by atoms with van der Waals surface area (Å²) >= 11 is 6.26. The molecule has 4 heterocycles. The molecular weight excluding hydrogens is 546 g/mol. The maximum Gasteiger partial charge on any atom is 0.256 e. The average Bonchev–Trinajstić information content (AvgIpc) is 3.48. The van der Waals surface area contributed by atoms with Crippen LogP contribution in [0.15, 0.2) is 30.3 Å². The Bertz CT molecular complexity index is 1550. The number of nitrogens with zero attached hydrogens (tertiary/aromatic N) is 4. The number of hydrogen-bond acceptors (Lipinski definition) is 6. The fraction of sp³-hybridized carbons (Fsp3) is 0.559. The van der Waals surface area contributed by atoms with Crippen molar-refractivity contribution in [3.8, 4) is 23.7 Å². The van der Waals surface area contributed by atoms with Crippen LogP contribution in [-0.2, 0) is 6.54 Å². The zero-order valence-electron chi connectivity index (χ0n) is 24.8. The summed E-state index contributed by atoms with van der Waals surface area (Å²) in [7, 11) is 0. The van der Waals surface area contributed by atoms with Crippen molar-refractivity contribution in [2.45, 2.75) is 71.7 Å². The summed E-state index contributed by atoms with van der Waals surface area (Å²) in [6.07, 6.45) is 3.55. The topological polar surface area (TPSA) is 81.5 Å². The number of rotatable bonds is 4. The molecule has 1 aromatic carbocycles. The third-order valence-electron chi connectivity index (χ3n) is 10.7. The molecule has 2 aromatic rings. The van der Waals surface area contributed by atoms with Gasteiger partial charge in [0.1, 0.15) is 23.6 Å². The molecule has 1 aromatic heterocycles. The van der Waals surface area contributed by atoms with Gasteiger partial charge in [0.25, 0.3) is 5.91 Å². The molecule has 7 nitrogen and oxygen atoms in total. The Hall–Kier alpha value is -3.10. The third-order valence-corrected chi connectivity index (χ3v) is 11.0. The molecule has 0 bridgehead atoms. The molecule has 1 N–H and O–H groups in total. The fourth-order valence-electron chi connectivity index (χ4n) is 8.77. The lowest BCUT2D eigenvalue weighted by atomic mass is 9.49. The molecule has 218 valence electrons. The number of nitrogens with one attached hydrogen (secondary N) is 1. The van der Waals surface area contributed by atoms with Gasteiger partial charge in [-0.3, -0.25) is 9.69 Å². The summed E-state index contributed by atoms with van der Waals surface area (Å²) in [5, 5.41) is 13.0. The lowest BCUT2D eigenvalue weighted by molar-refractivity contribution is -0.199. The van der Waals surface area contributed by atoms with Gasteiger partial charge in [0.2, 0.25) is 0 Å². The number of aromatic nitrogens is 1. The standard InChI is InChI=1S/C34H38ClN5O2/c1-32(2)30(33(3,4)31(32)42-24-10-6-22(16-36)26(35)15-24)40-17-27-25(29(40)41)11-9-23(38-27)8-5-21-7-12-28(21)39-14-13-34(20-39)18-37-19-34/h6,9-11,15,21,28,30-31,37H,7,12-14,17-20H2,1-4H3. The van der Waals surface area contributed by atoms with Gasteiger partial charge in [0, 0.05) is 59.9 Å². The number of likely N-dealkylation sites (tertiary alicyclic amines) is 1. The number of fused-ring (bicyclic) bond motifs is 1. The predicted molar refractivity (Wildman–Crippen MR) is 161 cm³/mol. The van der Waals surface area contributed by atoms with Gasteiger partial charge in [-0.25, -0.2) is 4.98 Å². The van der Waals surface area contributed by atoms with Gasteiger partial charge in [-0.1, -0.05) is 45.2 Å². The lowest BCUT2D eigenvalue weighted by Gasteiger charge is -2.65. The molecule has 2 saturated carbocycles. The van der Waals surface area contributed by atoms with E-state index < -0.39 is 0 Å². The molecule has 3 aliphatic heterocycles. The first-order valence-electron chi connectivity index (χ1n) is 15.2. The average molecular weight is 584 g/mol. The number of amides is 1. The maximum atomic E-state index is 13.6. The molecule has 5 aliphatic rings. The molecule has 1 amide bonds. The second-order valence-corrected chi connectivity index (χ2v) is 14.7. The Morgan fingerprint density at radius 2 is 1.90 bits per heavy atom. The highest BCUT2D eigenvalue weighted by Crippen LogP contribution is 2.59. The van der Waals surface area contributed by atoms with Gasteiger partial charge >= 0.3 is 0 Å². The van der Waals surface area contributed by atoms with Gasteiger partial charge in [-0.15, -0.1) is 0 Å². The molecule has 2 aliphatic carbocycles. The van der Waals surface area contributed by atoms with Gasteiger partial charge in [-0.2, -0.15) is 5.26 Å². The van der Waals surface area contributed by atoms with E-state index in [0.717, 1.165) is 30.9 Å². The Morgan fingerprint density at radius 3 is 2.52 bits per heavy atom. The van der Waals surface area contributed by atoms with Crippen LogP contribution in [0.3, 0.4) is 0 Å². The van der Waals surface area contributed by atoms with Gasteiger partial charge < -0.3 is 15.0 Å². The number of nitriles is 1. The molecule has 2 saturated heterocycles. The molecule has 1 spiro atoms. The predicted octanol–water partition coefficient (Wildman–Crippen LogP) is 4.87. The Morgan fingerprint density at radius 1 is 1.12 bits per heavy atom. The van der Waals surface area contributed by atoms with Crippen LogP contribution in [0.1, 0.15) is 74.3 Å². The summed E-state index contributed by atoms with van der Waals surface area (Å²) in [6, 6.07) is 11.6. The van der Waals surface area contributed by atoms with E-state index in [2.05, 4.69) is 55.8 Å². The zero-order valence-corrected chi connectivity index (χ0v) is 25.6. The Kier molecular flexibility index (Phi) is 6.41. The van der Waals surface area contributed by atoms with E-state index >= 15 is 0 Å². The van der Waals surface area contributed by atoms with E-state index in [4.69, 9.17) is 21.3 Å². The number of carbonyl (C=O) groups is 1. The maximum absolute atomic E-state index is 13.6. The van der Waals surface area contributed by atoms with E-state index in [1.54, 1.807) is 18.2 Å². The minimum absolute atomic E-state index is 0.0236. The van der Waals surface area contributed by atoms with Crippen LogP contribution >= 0.6 is 11.6 Å². The summed E-state index contributed by atoms with van der Waals surface area (Å²) in [5.41, 5.74) is 2.55. The van der Waals surface area contributed by atoms with Crippen LogP contribution in [0.2, 0.25) is 5.02 Å². The van der Waals surface area contributed by atoms with Gasteiger partial charge in [-0.05, 0) is 56.0 Å². The quantitative estimate of drug-likeness (QED) is 0.517. The minimum atomic E-state index is -0.312. The number of halogens is 1.